The number of aliphatic carboxylic acids is 1. The van der Waals surface area contributed by atoms with Gasteiger partial charge in [-0.3, -0.25) is 9.59 Å². The van der Waals surface area contributed by atoms with Crippen molar-refractivity contribution in [3.05, 3.63) is 0 Å². The highest BCUT2D eigenvalue weighted by Gasteiger charge is 2.32. The van der Waals surface area contributed by atoms with E-state index in [1.54, 1.807) is 0 Å². The summed E-state index contributed by atoms with van der Waals surface area (Å²) in [6, 6.07) is 0.0607. The molecule has 2 fully saturated rings. The number of hydrogen-bond acceptors (Lipinski definition) is 3. The van der Waals surface area contributed by atoms with Gasteiger partial charge in [-0.05, 0) is 38.6 Å². The molecule has 3 N–H and O–H groups in total. The van der Waals surface area contributed by atoms with Crippen molar-refractivity contribution >= 4 is 11.9 Å². The molecule has 1 saturated heterocycles. The first-order valence-corrected chi connectivity index (χ1v) is 6.40. The van der Waals surface area contributed by atoms with E-state index in [9.17, 15) is 9.59 Å². The van der Waals surface area contributed by atoms with Crippen molar-refractivity contribution in [1.29, 1.82) is 0 Å². The van der Waals surface area contributed by atoms with Gasteiger partial charge in [-0.2, -0.15) is 0 Å². The molecular formula is C12H20N2O3. The van der Waals surface area contributed by atoms with Crippen LogP contribution in [0.3, 0.4) is 0 Å². The zero-order chi connectivity index (χ0) is 12.3. The fourth-order valence-corrected chi connectivity index (χ4v) is 2.73. The second kappa shape index (κ2) is 5.49. The topological polar surface area (TPSA) is 78.4 Å². The Morgan fingerprint density at radius 2 is 2.00 bits per heavy atom. The molecule has 0 aromatic heterocycles. The smallest absolute Gasteiger partial charge is 0.306 e. The lowest BCUT2D eigenvalue weighted by molar-refractivity contribution is -0.141. The first-order valence-electron chi connectivity index (χ1n) is 6.40. The number of piperidine rings is 1. The molecule has 3 atom stereocenters. The third-order valence-corrected chi connectivity index (χ3v) is 3.80. The first-order chi connectivity index (χ1) is 8.16. The average Bonchev–Trinajstić information content (AvgIpc) is 2.79. The highest BCUT2D eigenvalue weighted by atomic mass is 16.4. The van der Waals surface area contributed by atoms with Gasteiger partial charge in [-0.25, -0.2) is 0 Å². The maximum Gasteiger partial charge on any atom is 0.306 e. The number of carbonyl (C=O) groups is 2. The summed E-state index contributed by atoms with van der Waals surface area (Å²) in [5, 5.41) is 15.1. The summed E-state index contributed by atoms with van der Waals surface area (Å²) >= 11 is 0. The molecule has 1 amide bonds. The summed E-state index contributed by atoms with van der Waals surface area (Å²) in [4.78, 5) is 22.7. The van der Waals surface area contributed by atoms with Gasteiger partial charge in [-0.15, -0.1) is 0 Å². The molecule has 5 nitrogen and oxygen atoms in total. The monoisotopic (exact) mass is 240 g/mol. The minimum Gasteiger partial charge on any atom is -0.481 e. The Bertz CT molecular complexity index is 300. The van der Waals surface area contributed by atoms with Gasteiger partial charge in [0.1, 0.15) is 0 Å². The predicted octanol–water partition coefficient (Wildman–Crippen LogP) is 0.355. The normalized spacial score (nSPS) is 33.3. The summed E-state index contributed by atoms with van der Waals surface area (Å²) in [5.74, 6) is -0.855. The van der Waals surface area contributed by atoms with Gasteiger partial charge in [0, 0.05) is 12.6 Å². The quantitative estimate of drug-likeness (QED) is 0.665. The van der Waals surface area contributed by atoms with Crippen molar-refractivity contribution in [2.75, 3.05) is 13.1 Å². The standard InChI is InChI=1S/C12H20N2O3/c15-11(9-2-1-5-13-7-9)14-10-4-3-8(6-10)12(16)17/h8-10,13H,1-7H2,(H,14,15)(H,16,17)/t8-,9+,10+/m1/s1. The molecule has 0 unspecified atom stereocenters. The molecule has 17 heavy (non-hydrogen) atoms. The largest absolute Gasteiger partial charge is 0.481 e. The van der Waals surface area contributed by atoms with E-state index in [1.165, 1.54) is 0 Å². The van der Waals surface area contributed by atoms with E-state index in [1.807, 2.05) is 0 Å². The van der Waals surface area contributed by atoms with Gasteiger partial charge < -0.3 is 15.7 Å². The molecule has 1 heterocycles. The van der Waals surface area contributed by atoms with E-state index in [2.05, 4.69) is 10.6 Å². The van der Waals surface area contributed by atoms with Crippen LogP contribution in [-0.2, 0) is 9.59 Å². The number of carbonyl (C=O) groups excluding carboxylic acids is 1. The summed E-state index contributed by atoms with van der Waals surface area (Å²) in [7, 11) is 0. The highest BCUT2D eigenvalue weighted by molar-refractivity contribution is 5.79. The zero-order valence-corrected chi connectivity index (χ0v) is 9.95. The van der Waals surface area contributed by atoms with Gasteiger partial charge in [0.2, 0.25) is 5.91 Å². The van der Waals surface area contributed by atoms with Crippen LogP contribution in [0.25, 0.3) is 0 Å². The number of hydrogen-bond donors (Lipinski definition) is 3. The number of rotatable bonds is 3. The molecule has 0 bridgehead atoms. The lowest BCUT2D eigenvalue weighted by atomic mass is 9.98. The Kier molecular flexibility index (Phi) is 3.99. The Labute approximate surface area is 101 Å². The minimum atomic E-state index is -0.735. The second-order valence-electron chi connectivity index (χ2n) is 5.10. The predicted molar refractivity (Wildman–Crippen MR) is 62.5 cm³/mol. The molecule has 1 saturated carbocycles. The molecule has 0 radical (unpaired) electrons. The molecule has 5 heteroatoms. The van der Waals surface area contributed by atoms with E-state index in [0.29, 0.717) is 12.8 Å². The van der Waals surface area contributed by atoms with Crippen LogP contribution in [0.15, 0.2) is 0 Å². The number of nitrogens with one attached hydrogen (secondary N) is 2. The minimum absolute atomic E-state index is 0.0607. The maximum atomic E-state index is 11.9. The fraction of sp³-hybridized carbons (Fsp3) is 0.833. The van der Waals surface area contributed by atoms with Crippen molar-refractivity contribution < 1.29 is 14.7 Å². The van der Waals surface area contributed by atoms with Crippen LogP contribution in [0.2, 0.25) is 0 Å². The Hall–Kier alpha value is -1.10. The van der Waals surface area contributed by atoms with Crippen molar-refractivity contribution in [3.8, 4) is 0 Å². The van der Waals surface area contributed by atoms with Crippen LogP contribution in [-0.4, -0.2) is 36.1 Å². The number of carboxylic acids is 1. The van der Waals surface area contributed by atoms with E-state index in [4.69, 9.17) is 5.11 Å². The highest BCUT2D eigenvalue weighted by Crippen LogP contribution is 2.26. The Morgan fingerprint density at radius 3 is 2.59 bits per heavy atom. The molecule has 1 aliphatic carbocycles. The second-order valence-corrected chi connectivity index (χ2v) is 5.10. The molecule has 0 aromatic rings. The Balaban J connectivity index is 1.77. The molecular weight excluding hydrogens is 220 g/mol. The van der Waals surface area contributed by atoms with E-state index < -0.39 is 5.97 Å². The van der Waals surface area contributed by atoms with E-state index in [-0.39, 0.29) is 23.8 Å². The third kappa shape index (κ3) is 3.19. The van der Waals surface area contributed by atoms with Crippen LogP contribution in [0.4, 0.5) is 0 Å². The molecule has 1 aliphatic heterocycles. The van der Waals surface area contributed by atoms with Crippen molar-refractivity contribution in [3.63, 3.8) is 0 Å². The average molecular weight is 240 g/mol. The van der Waals surface area contributed by atoms with Gasteiger partial charge in [0.15, 0.2) is 0 Å². The van der Waals surface area contributed by atoms with Crippen LogP contribution in [0.5, 0.6) is 0 Å². The van der Waals surface area contributed by atoms with Gasteiger partial charge >= 0.3 is 5.97 Å². The maximum absolute atomic E-state index is 11.9. The molecule has 2 aliphatic rings. The van der Waals surface area contributed by atoms with Crippen molar-refractivity contribution in [1.82, 2.24) is 10.6 Å². The molecule has 0 spiro atoms. The SMILES string of the molecule is O=C(O)[C@@H]1CC[C@H](NC(=O)[C@H]2CCCNC2)C1. The van der Waals surface area contributed by atoms with Crippen LogP contribution >= 0.6 is 0 Å². The van der Waals surface area contributed by atoms with Crippen molar-refractivity contribution in [2.24, 2.45) is 11.8 Å². The third-order valence-electron chi connectivity index (χ3n) is 3.80. The first kappa shape index (κ1) is 12.4. The lowest BCUT2D eigenvalue weighted by Crippen LogP contribution is -2.43. The van der Waals surface area contributed by atoms with Gasteiger partial charge in [-0.1, -0.05) is 0 Å². The molecule has 2 rings (SSSR count). The van der Waals surface area contributed by atoms with Gasteiger partial charge in [0.25, 0.3) is 0 Å². The summed E-state index contributed by atoms with van der Waals surface area (Å²) < 4.78 is 0. The molecule has 96 valence electrons. The zero-order valence-electron chi connectivity index (χ0n) is 9.95. The van der Waals surface area contributed by atoms with Crippen LogP contribution < -0.4 is 10.6 Å². The van der Waals surface area contributed by atoms with Crippen molar-refractivity contribution in [2.45, 2.75) is 38.1 Å². The summed E-state index contributed by atoms with van der Waals surface area (Å²) in [5.41, 5.74) is 0. The van der Waals surface area contributed by atoms with E-state index in [0.717, 1.165) is 32.4 Å². The molecule has 0 aromatic carbocycles. The lowest BCUT2D eigenvalue weighted by Gasteiger charge is -2.23. The van der Waals surface area contributed by atoms with Crippen LogP contribution in [0, 0.1) is 11.8 Å². The summed E-state index contributed by atoms with van der Waals surface area (Å²) in [6.07, 6.45) is 4.04. The summed E-state index contributed by atoms with van der Waals surface area (Å²) in [6.45, 7) is 1.75. The Morgan fingerprint density at radius 1 is 1.18 bits per heavy atom. The van der Waals surface area contributed by atoms with Crippen LogP contribution in [0.1, 0.15) is 32.1 Å². The fourth-order valence-electron chi connectivity index (χ4n) is 2.73. The van der Waals surface area contributed by atoms with E-state index >= 15 is 0 Å². The van der Waals surface area contributed by atoms with Gasteiger partial charge in [0.05, 0.1) is 11.8 Å². The number of carboxylic acid groups (broad SMARTS) is 1. The number of amides is 1.